The van der Waals surface area contributed by atoms with Gasteiger partial charge < -0.3 is 4.74 Å². The fourth-order valence-corrected chi connectivity index (χ4v) is 2.87. The molecule has 0 aliphatic carbocycles. The lowest BCUT2D eigenvalue weighted by Gasteiger charge is -2.41. The molecular weight excluding hydrogens is 532 g/mol. The fraction of sp³-hybridized carbons (Fsp3) is 0.850. The van der Waals surface area contributed by atoms with Gasteiger partial charge in [0, 0.05) is 24.2 Å². The molecule has 0 aromatic heterocycles. The number of hydrogen-bond acceptors (Lipinski definition) is 3. The maximum Gasteiger partial charge on any atom is 0.384 e. The van der Waals surface area contributed by atoms with Crippen molar-refractivity contribution in [3.8, 4) is 0 Å². The van der Waals surface area contributed by atoms with Gasteiger partial charge in [-0.1, -0.05) is 39.2 Å². The van der Waals surface area contributed by atoms with Crippen LogP contribution in [-0.2, 0) is 9.53 Å². The third-order valence-electron chi connectivity index (χ3n) is 5.04. The second-order valence-electron chi connectivity index (χ2n) is 7.87. The largest absolute Gasteiger partial charge is 0.462 e. The minimum atomic E-state index is -7.59. The molecule has 0 radical (unpaired) electrons. The second kappa shape index (κ2) is 12.3. The van der Waals surface area contributed by atoms with Crippen molar-refractivity contribution in [1.29, 1.82) is 0 Å². The molecule has 0 bridgehead atoms. The Morgan fingerprint density at radius 2 is 1.09 bits per heavy atom. The lowest BCUT2D eigenvalue weighted by Crippen LogP contribution is -2.70. The summed E-state index contributed by atoms with van der Waals surface area (Å²) in [5.74, 6) is -42.8. The van der Waals surface area contributed by atoms with E-state index in [2.05, 4.69) is 23.9 Å². The zero-order chi connectivity index (χ0) is 27.9. The quantitative estimate of drug-likeness (QED) is 0.0645. The Morgan fingerprint density at radius 1 is 0.686 bits per heavy atom. The Kier molecular flexibility index (Phi) is 11.9. The van der Waals surface area contributed by atoms with Crippen LogP contribution >= 0.6 is 12.6 Å². The van der Waals surface area contributed by atoms with Crippen molar-refractivity contribution in [2.45, 2.75) is 93.8 Å². The highest BCUT2D eigenvalue weighted by molar-refractivity contribution is 7.80. The molecule has 0 aromatic carbocycles. The van der Waals surface area contributed by atoms with E-state index in [0.717, 1.165) is 0 Å². The molecule has 0 saturated heterocycles. The number of hydrogen-bond donors (Lipinski definition) is 1. The Labute approximate surface area is 199 Å². The van der Waals surface area contributed by atoms with Crippen LogP contribution in [0.4, 0.5) is 52.7 Å². The number of halogens is 12. The summed E-state index contributed by atoms with van der Waals surface area (Å²) in [7, 11) is 0. The monoisotopic (exact) mass is 558 g/mol. The van der Waals surface area contributed by atoms with Gasteiger partial charge in [-0.15, -0.1) is 0 Å². The number of alkyl halides is 12. The van der Waals surface area contributed by atoms with Gasteiger partial charge in [0.15, 0.2) is 0 Å². The summed E-state index contributed by atoms with van der Waals surface area (Å²) >= 11 is 3.63. The summed E-state index contributed by atoms with van der Waals surface area (Å²) in [6.45, 7) is 3.76. The van der Waals surface area contributed by atoms with E-state index in [1.807, 2.05) is 0 Å². The SMILES string of the molecule is C=C(CS)C(=O)OCCCC(F)(F)C(F)(F)C(F)(F)C(F)(F)C(F)(F)C(F)(F)CCCCCCC. The zero-order valence-electron chi connectivity index (χ0n) is 18.6. The van der Waals surface area contributed by atoms with E-state index in [4.69, 9.17) is 0 Å². The minimum Gasteiger partial charge on any atom is -0.462 e. The maximum absolute atomic E-state index is 13.9. The number of carbonyl (C=O) groups excluding carboxylic acids is 1. The zero-order valence-corrected chi connectivity index (χ0v) is 19.5. The van der Waals surface area contributed by atoms with E-state index < -0.39 is 73.8 Å². The third-order valence-corrected chi connectivity index (χ3v) is 5.43. The average Bonchev–Trinajstić information content (AvgIpc) is 2.74. The van der Waals surface area contributed by atoms with Crippen molar-refractivity contribution in [2.75, 3.05) is 12.4 Å². The molecule has 0 spiro atoms. The maximum atomic E-state index is 13.9. The molecular formula is C20H26F12O2S. The molecule has 2 nitrogen and oxygen atoms in total. The van der Waals surface area contributed by atoms with Gasteiger partial charge in [0.2, 0.25) is 0 Å². The molecule has 0 atom stereocenters. The van der Waals surface area contributed by atoms with Gasteiger partial charge >= 0.3 is 41.5 Å². The summed E-state index contributed by atoms with van der Waals surface area (Å²) in [4.78, 5) is 11.2. The second-order valence-corrected chi connectivity index (χ2v) is 8.19. The predicted molar refractivity (Wildman–Crippen MR) is 106 cm³/mol. The van der Waals surface area contributed by atoms with Crippen molar-refractivity contribution in [1.82, 2.24) is 0 Å². The standard InChI is InChI=1S/C20H26F12O2S/c1-3-4-5-6-7-9-15(21,22)17(25,26)19(29,30)20(31,32)18(27,28)16(23,24)10-8-11-34-14(33)13(2)12-35/h35H,2-12H2,1H3. The smallest absolute Gasteiger partial charge is 0.384 e. The molecule has 35 heavy (non-hydrogen) atoms. The third kappa shape index (κ3) is 7.15. The highest BCUT2D eigenvalue weighted by atomic mass is 32.1. The molecule has 0 saturated carbocycles. The van der Waals surface area contributed by atoms with E-state index >= 15 is 0 Å². The van der Waals surface area contributed by atoms with Crippen LogP contribution in [0.3, 0.4) is 0 Å². The Hall–Kier alpha value is -1.28. The van der Waals surface area contributed by atoms with Crippen LogP contribution in [-0.4, -0.2) is 53.9 Å². The van der Waals surface area contributed by atoms with Crippen LogP contribution in [0.2, 0.25) is 0 Å². The number of rotatable bonds is 17. The molecule has 0 aromatic rings. The first-order valence-electron chi connectivity index (χ1n) is 10.4. The lowest BCUT2D eigenvalue weighted by atomic mass is 9.88. The lowest BCUT2D eigenvalue weighted by molar-refractivity contribution is -0.425. The highest BCUT2D eigenvalue weighted by Crippen LogP contribution is 2.61. The highest BCUT2D eigenvalue weighted by Gasteiger charge is 2.89. The Balaban J connectivity index is 5.61. The minimum absolute atomic E-state index is 0.165. The van der Waals surface area contributed by atoms with Crippen LogP contribution in [0.1, 0.15) is 58.3 Å². The molecule has 0 rings (SSSR count). The molecule has 0 N–H and O–H groups in total. The van der Waals surface area contributed by atoms with Crippen molar-refractivity contribution in [3.05, 3.63) is 12.2 Å². The Morgan fingerprint density at radius 3 is 1.49 bits per heavy atom. The molecule has 208 valence electrons. The van der Waals surface area contributed by atoms with Gasteiger partial charge in [-0.3, -0.25) is 0 Å². The number of unbranched alkanes of at least 4 members (excludes halogenated alkanes) is 4. The van der Waals surface area contributed by atoms with E-state index in [1.54, 1.807) is 6.92 Å². The van der Waals surface area contributed by atoms with Crippen molar-refractivity contribution < 1.29 is 62.2 Å². The number of ether oxygens (including phenoxy) is 1. The molecule has 0 aliphatic heterocycles. The first-order chi connectivity index (χ1) is 15.7. The summed E-state index contributed by atoms with van der Waals surface area (Å²) in [6.07, 6.45) is -5.37. The van der Waals surface area contributed by atoms with Crippen molar-refractivity contribution in [2.24, 2.45) is 0 Å². The predicted octanol–water partition coefficient (Wildman–Crippen LogP) is 7.97. The first-order valence-corrected chi connectivity index (χ1v) is 11.0. The summed E-state index contributed by atoms with van der Waals surface area (Å²) in [6, 6.07) is 0. The van der Waals surface area contributed by atoms with Gasteiger partial charge in [-0.25, -0.2) is 4.79 Å². The van der Waals surface area contributed by atoms with Crippen LogP contribution in [0.15, 0.2) is 12.2 Å². The van der Waals surface area contributed by atoms with E-state index in [-0.39, 0.29) is 24.2 Å². The molecule has 0 aliphatic rings. The summed E-state index contributed by atoms with van der Waals surface area (Å²) in [5.41, 5.74) is -0.287. The molecule has 0 amide bonds. The first kappa shape index (κ1) is 33.7. The van der Waals surface area contributed by atoms with Crippen LogP contribution in [0.25, 0.3) is 0 Å². The van der Waals surface area contributed by atoms with Gasteiger partial charge in [0.05, 0.1) is 6.61 Å². The van der Waals surface area contributed by atoms with Crippen molar-refractivity contribution >= 4 is 18.6 Å². The van der Waals surface area contributed by atoms with Crippen LogP contribution in [0, 0.1) is 0 Å². The fourth-order valence-electron chi connectivity index (χ4n) is 2.74. The van der Waals surface area contributed by atoms with Gasteiger partial charge in [0.25, 0.3) is 0 Å². The number of esters is 1. The van der Waals surface area contributed by atoms with E-state index in [0.29, 0.717) is 12.8 Å². The van der Waals surface area contributed by atoms with Crippen LogP contribution in [0.5, 0.6) is 0 Å². The van der Waals surface area contributed by atoms with Gasteiger partial charge in [-0.05, 0) is 12.8 Å². The molecule has 0 unspecified atom stereocenters. The van der Waals surface area contributed by atoms with Crippen LogP contribution < -0.4 is 0 Å². The van der Waals surface area contributed by atoms with Gasteiger partial charge in [-0.2, -0.15) is 65.3 Å². The average molecular weight is 558 g/mol. The number of thiol groups is 1. The topological polar surface area (TPSA) is 26.3 Å². The van der Waals surface area contributed by atoms with E-state index in [1.165, 1.54) is 0 Å². The molecule has 0 fully saturated rings. The van der Waals surface area contributed by atoms with E-state index in [9.17, 15) is 57.5 Å². The summed E-state index contributed by atoms with van der Waals surface area (Å²) < 4.78 is 170. The normalized spacial score (nSPS) is 14.2. The van der Waals surface area contributed by atoms with Crippen molar-refractivity contribution in [3.63, 3.8) is 0 Å². The Bertz CT molecular complexity index is 710. The summed E-state index contributed by atoms with van der Waals surface area (Å²) in [5, 5.41) is 0. The molecule has 15 heteroatoms. The molecule has 0 heterocycles. The number of carbonyl (C=O) groups is 1. The van der Waals surface area contributed by atoms with Gasteiger partial charge in [0.1, 0.15) is 0 Å².